The highest BCUT2D eigenvalue weighted by atomic mass is 19.4. The van der Waals surface area contributed by atoms with Crippen LogP contribution in [0.5, 0.6) is 0 Å². The first-order valence-corrected chi connectivity index (χ1v) is 9.21. The number of hydrogen-bond acceptors (Lipinski definition) is 3. The molecule has 0 N–H and O–H groups in total. The largest absolute Gasteiger partial charge is 0.416 e. The summed E-state index contributed by atoms with van der Waals surface area (Å²) in [7, 11) is 1.58. The molecule has 1 fully saturated rings. The Kier molecular flexibility index (Phi) is 5.36. The molecular weight excluding hydrogens is 373 g/mol. The number of aromatic nitrogens is 3. The van der Waals surface area contributed by atoms with Crippen molar-refractivity contribution in [3.05, 3.63) is 51.7 Å². The Morgan fingerprint density at radius 3 is 2.64 bits per heavy atom. The Bertz CT molecular complexity index is 930. The first-order chi connectivity index (χ1) is 13.1. The van der Waals surface area contributed by atoms with Crippen molar-refractivity contribution in [2.24, 2.45) is 7.05 Å². The lowest BCUT2D eigenvalue weighted by Crippen LogP contribution is -2.40. The zero-order valence-electron chi connectivity index (χ0n) is 16.0. The third-order valence-electron chi connectivity index (χ3n) is 5.01. The molecule has 2 aromatic rings. The fourth-order valence-electron chi connectivity index (χ4n) is 3.65. The first-order valence-electron chi connectivity index (χ1n) is 9.21. The lowest BCUT2D eigenvalue weighted by atomic mass is 9.96. The SMILES string of the molecule is CC(C)n1c(C2CCCN(C(=O)c3cccc(C(F)(F)F)c3)C2)nn(C)c1=O. The molecule has 1 atom stereocenters. The molecule has 1 aliphatic rings. The Balaban J connectivity index is 1.86. The normalized spacial score (nSPS) is 18.0. The molecule has 152 valence electrons. The van der Waals surface area contributed by atoms with Crippen molar-refractivity contribution >= 4 is 5.91 Å². The van der Waals surface area contributed by atoms with Crippen LogP contribution in [-0.4, -0.2) is 38.2 Å². The van der Waals surface area contributed by atoms with Gasteiger partial charge in [-0.1, -0.05) is 6.07 Å². The molecular formula is C19H23F3N4O2. The van der Waals surface area contributed by atoms with E-state index in [1.807, 2.05) is 13.8 Å². The third kappa shape index (κ3) is 3.83. The van der Waals surface area contributed by atoms with E-state index in [9.17, 15) is 22.8 Å². The summed E-state index contributed by atoms with van der Waals surface area (Å²) in [6, 6.07) is 4.39. The number of carbonyl (C=O) groups is 1. The van der Waals surface area contributed by atoms with Crippen LogP contribution in [0, 0.1) is 0 Å². The Hall–Kier alpha value is -2.58. The van der Waals surface area contributed by atoms with Gasteiger partial charge in [0.1, 0.15) is 5.82 Å². The highest BCUT2D eigenvalue weighted by Gasteiger charge is 2.33. The van der Waals surface area contributed by atoms with Gasteiger partial charge < -0.3 is 4.90 Å². The van der Waals surface area contributed by atoms with E-state index in [0.717, 1.165) is 18.6 Å². The lowest BCUT2D eigenvalue weighted by molar-refractivity contribution is -0.137. The number of alkyl halides is 3. The van der Waals surface area contributed by atoms with Crippen LogP contribution in [0.15, 0.2) is 29.1 Å². The van der Waals surface area contributed by atoms with Gasteiger partial charge in [-0.05, 0) is 44.9 Å². The average Bonchev–Trinajstić information content (AvgIpc) is 2.96. The molecule has 2 heterocycles. The highest BCUT2D eigenvalue weighted by Crippen LogP contribution is 2.31. The molecule has 1 aliphatic heterocycles. The van der Waals surface area contributed by atoms with Crippen LogP contribution in [0.2, 0.25) is 0 Å². The maximum atomic E-state index is 12.9. The zero-order chi connectivity index (χ0) is 20.6. The molecule has 0 spiro atoms. The molecule has 0 aliphatic carbocycles. The molecule has 0 radical (unpaired) electrons. The smallest absolute Gasteiger partial charge is 0.338 e. The van der Waals surface area contributed by atoms with Crippen LogP contribution in [0.3, 0.4) is 0 Å². The van der Waals surface area contributed by atoms with Crippen molar-refractivity contribution in [1.29, 1.82) is 0 Å². The summed E-state index contributed by atoms with van der Waals surface area (Å²) in [5, 5.41) is 4.35. The average molecular weight is 396 g/mol. The molecule has 3 rings (SSSR count). The number of aryl methyl sites for hydroxylation is 1. The van der Waals surface area contributed by atoms with E-state index in [1.165, 1.54) is 16.8 Å². The minimum atomic E-state index is -4.50. The van der Waals surface area contributed by atoms with E-state index >= 15 is 0 Å². The van der Waals surface area contributed by atoms with Crippen molar-refractivity contribution in [2.75, 3.05) is 13.1 Å². The fraction of sp³-hybridized carbons (Fsp3) is 0.526. The van der Waals surface area contributed by atoms with Gasteiger partial charge in [-0.2, -0.15) is 18.3 Å². The van der Waals surface area contributed by atoms with Gasteiger partial charge in [0.15, 0.2) is 0 Å². The molecule has 9 heteroatoms. The van der Waals surface area contributed by atoms with Crippen LogP contribution in [-0.2, 0) is 13.2 Å². The van der Waals surface area contributed by atoms with Crippen molar-refractivity contribution in [1.82, 2.24) is 19.2 Å². The first kappa shape index (κ1) is 20.2. The number of likely N-dealkylation sites (tertiary alicyclic amines) is 1. The Labute approximate surface area is 160 Å². The molecule has 1 aromatic heterocycles. The van der Waals surface area contributed by atoms with Crippen molar-refractivity contribution in [3.8, 4) is 0 Å². The summed E-state index contributed by atoms with van der Waals surface area (Å²) in [6.45, 7) is 4.56. The van der Waals surface area contributed by atoms with Crippen molar-refractivity contribution in [2.45, 2.75) is 44.8 Å². The van der Waals surface area contributed by atoms with E-state index in [-0.39, 0.29) is 23.2 Å². The maximum absolute atomic E-state index is 12.9. The molecule has 28 heavy (non-hydrogen) atoms. The molecule has 1 saturated heterocycles. The maximum Gasteiger partial charge on any atom is 0.416 e. The van der Waals surface area contributed by atoms with Crippen molar-refractivity contribution < 1.29 is 18.0 Å². The minimum Gasteiger partial charge on any atom is -0.338 e. The zero-order valence-corrected chi connectivity index (χ0v) is 16.0. The highest BCUT2D eigenvalue weighted by molar-refractivity contribution is 5.94. The Morgan fingerprint density at radius 1 is 1.29 bits per heavy atom. The van der Waals surface area contributed by atoms with Gasteiger partial charge in [-0.15, -0.1) is 0 Å². The second-order valence-corrected chi connectivity index (χ2v) is 7.40. The Morgan fingerprint density at radius 2 is 2.00 bits per heavy atom. The van der Waals surface area contributed by atoms with E-state index < -0.39 is 17.6 Å². The third-order valence-corrected chi connectivity index (χ3v) is 5.01. The van der Waals surface area contributed by atoms with E-state index in [0.29, 0.717) is 25.3 Å². The van der Waals surface area contributed by atoms with Crippen LogP contribution in [0.25, 0.3) is 0 Å². The second-order valence-electron chi connectivity index (χ2n) is 7.40. The number of nitrogens with zero attached hydrogens (tertiary/aromatic N) is 4. The standard InChI is InChI=1S/C19H23F3N4O2/c1-12(2)26-16(23-24(3)18(26)28)14-7-5-9-25(11-14)17(27)13-6-4-8-15(10-13)19(20,21)22/h4,6,8,10,12,14H,5,7,9,11H2,1-3H3. The summed E-state index contributed by atoms with van der Waals surface area (Å²) in [4.78, 5) is 26.7. The summed E-state index contributed by atoms with van der Waals surface area (Å²) in [5.41, 5.74) is -1.05. The van der Waals surface area contributed by atoms with Gasteiger partial charge >= 0.3 is 11.9 Å². The van der Waals surface area contributed by atoms with E-state index in [4.69, 9.17) is 0 Å². The van der Waals surface area contributed by atoms with Gasteiger partial charge in [0.2, 0.25) is 0 Å². The fourth-order valence-corrected chi connectivity index (χ4v) is 3.65. The molecule has 0 bridgehead atoms. The van der Waals surface area contributed by atoms with Crippen LogP contribution in [0.1, 0.15) is 60.4 Å². The van der Waals surface area contributed by atoms with Gasteiger partial charge in [0.25, 0.3) is 5.91 Å². The van der Waals surface area contributed by atoms with E-state index in [1.54, 1.807) is 16.5 Å². The monoisotopic (exact) mass is 396 g/mol. The van der Waals surface area contributed by atoms with E-state index in [2.05, 4.69) is 5.10 Å². The summed E-state index contributed by atoms with van der Waals surface area (Å²) >= 11 is 0. The number of carbonyl (C=O) groups excluding carboxylic acids is 1. The topological polar surface area (TPSA) is 60.1 Å². The lowest BCUT2D eigenvalue weighted by Gasteiger charge is -2.32. The number of hydrogen-bond donors (Lipinski definition) is 0. The molecule has 1 aromatic carbocycles. The van der Waals surface area contributed by atoms with Crippen LogP contribution < -0.4 is 5.69 Å². The predicted molar refractivity (Wildman–Crippen MR) is 97.2 cm³/mol. The molecule has 6 nitrogen and oxygen atoms in total. The van der Waals surface area contributed by atoms with Gasteiger partial charge in [0, 0.05) is 37.7 Å². The van der Waals surface area contributed by atoms with Gasteiger partial charge in [-0.25, -0.2) is 9.48 Å². The van der Waals surface area contributed by atoms with Gasteiger partial charge in [-0.3, -0.25) is 9.36 Å². The number of piperidine rings is 1. The molecule has 0 saturated carbocycles. The summed E-state index contributed by atoms with van der Waals surface area (Å²) in [5.74, 6) is 0.0361. The quantitative estimate of drug-likeness (QED) is 0.801. The summed E-state index contributed by atoms with van der Waals surface area (Å²) in [6.07, 6.45) is -3.05. The molecule has 1 unspecified atom stereocenters. The number of benzene rings is 1. The number of amides is 1. The van der Waals surface area contributed by atoms with Crippen LogP contribution >= 0.6 is 0 Å². The van der Waals surface area contributed by atoms with Gasteiger partial charge in [0.05, 0.1) is 5.56 Å². The number of halogens is 3. The predicted octanol–water partition coefficient (Wildman–Crippen LogP) is 3.20. The molecule has 1 amide bonds. The van der Waals surface area contributed by atoms with Crippen LogP contribution in [0.4, 0.5) is 13.2 Å². The second kappa shape index (κ2) is 7.44. The minimum absolute atomic E-state index is 0.0118. The number of rotatable bonds is 3. The van der Waals surface area contributed by atoms with Crippen molar-refractivity contribution in [3.63, 3.8) is 0 Å². The summed E-state index contributed by atoms with van der Waals surface area (Å²) < 4.78 is 41.7.